The summed E-state index contributed by atoms with van der Waals surface area (Å²) in [6.07, 6.45) is -0.596. The molecule has 0 radical (unpaired) electrons. The largest absolute Gasteiger partial charge is 0.414 e. The van der Waals surface area contributed by atoms with Gasteiger partial charge in [-0.1, -0.05) is 55.4 Å². The van der Waals surface area contributed by atoms with Crippen LogP contribution in [0.2, 0.25) is 36.3 Å². The van der Waals surface area contributed by atoms with Gasteiger partial charge in [-0.3, -0.25) is 33.2 Å². The van der Waals surface area contributed by atoms with E-state index < -0.39 is 113 Å². The number of nitrogens with zero attached hydrogens (tertiary/aromatic N) is 2. The third-order valence-electron chi connectivity index (χ3n) is 14.9. The molecule has 11 atom stereocenters. The molecular formula is C45H76N5O14PSSi2. The molecule has 7 rings (SSSR count). The second-order valence-electron chi connectivity index (χ2n) is 22.6. The fourth-order valence-electron chi connectivity index (χ4n) is 8.70. The molecule has 5 fully saturated rings. The van der Waals surface area contributed by atoms with Gasteiger partial charge < -0.3 is 46.9 Å². The van der Waals surface area contributed by atoms with Crippen molar-refractivity contribution in [3.05, 3.63) is 65.2 Å². The first-order valence-corrected chi connectivity index (χ1v) is 32.5. The highest BCUT2D eigenvalue weighted by atomic mass is 32.5. The van der Waals surface area contributed by atoms with Crippen LogP contribution in [0.4, 0.5) is 0 Å². The number of fused-ring (bicyclic) bond motifs is 1. The second kappa shape index (κ2) is 20.1. The van der Waals surface area contributed by atoms with Crippen LogP contribution >= 0.6 is 6.72 Å². The molecule has 3 N–H and O–H groups in total. The number of aromatic amines is 2. The Kier molecular flexibility index (Phi) is 15.9. The number of ether oxygens (including phenoxy) is 5. The van der Waals surface area contributed by atoms with Gasteiger partial charge in [0.15, 0.2) is 28.7 Å². The fourth-order valence-corrected chi connectivity index (χ4v) is 13.5. The summed E-state index contributed by atoms with van der Waals surface area (Å²) < 4.78 is 70.8. The number of aromatic nitrogens is 4. The molecule has 0 bridgehead atoms. The average molecular weight is 1030 g/mol. The second-order valence-corrected chi connectivity index (χ2v) is 35.0. The third-order valence-corrected chi connectivity index (χ3v) is 26.2. The lowest BCUT2D eigenvalue weighted by atomic mass is 10.1. The van der Waals surface area contributed by atoms with E-state index in [4.69, 9.17) is 57.9 Å². The zero-order valence-electron chi connectivity index (χ0n) is 42.3. The molecule has 0 amide bonds. The first-order chi connectivity index (χ1) is 31.5. The van der Waals surface area contributed by atoms with Crippen LogP contribution in [0.3, 0.4) is 0 Å². The molecule has 2 aromatic rings. The molecule has 4 saturated heterocycles. The van der Waals surface area contributed by atoms with Crippen molar-refractivity contribution in [2.75, 3.05) is 19.8 Å². The van der Waals surface area contributed by atoms with Crippen molar-refractivity contribution in [1.29, 1.82) is 0 Å². The first kappa shape index (κ1) is 53.8. The van der Waals surface area contributed by atoms with E-state index in [0.29, 0.717) is 17.7 Å². The van der Waals surface area contributed by atoms with Gasteiger partial charge >= 0.3 is 18.1 Å². The van der Waals surface area contributed by atoms with Crippen molar-refractivity contribution in [2.24, 2.45) is 0 Å². The molecule has 0 aromatic carbocycles. The Morgan fingerprint density at radius 3 is 1.84 bits per heavy atom. The first-order valence-electron chi connectivity index (χ1n) is 24.1. The monoisotopic (exact) mass is 1030 g/mol. The molecule has 1 spiro atoms. The summed E-state index contributed by atoms with van der Waals surface area (Å²) >= 11 is 6.54. The van der Waals surface area contributed by atoms with Crippen LogP contribution in [0.1, 0.15) is 117 Å². The highest BCUT2D eigenvalue weighted by molar-refractivity contribution is 8.07. The Hall–Kier alpha value is -2.00. The minimum absolute atomic E-state index is 0.116. The highest BCUT2D eigenvalue weighted by Crippen LogP contribution is 2.58. The highest BCUT2D eigenvalue weighted by Gasteiger charge is 2.60. The maximum atomic E-state index is 13.3. The van der Waals surface area contributed by atoms with E-state index in [1.807, 2.05) is 13.8 Å². The summed E-state index contributed by atoms with van der Waals surface area (Å²) in [5, 5.41) is 3.17. The summed E-state index contributed by atoms with van der Waals surface area (Å²) in [5.74, 6) is -0.794. The lowest BCUT2D eigenvalue weighted by Gasteiger charge is -2.39. The number of rotatable bonds is 17. The number of H-pyrrole nitrogens is 2. The van der Waals surface area contributed by atoms with Gasteiger partial charge in [0, 0.05) is 61.8 Å². The Bertz CT molecular complexity index is 2410. The van der Waals surface area contributed by atoms with Gasteiger partial charge in [0.05, 0.1) is 25.4 Å². The predicted molar refractivity (Wildman–Crippen MR) is 263 cm³/mol. The minimum atomic E-state index is -3.97. The molecule has 6 heterocycles. The number of nitrogens with one attached hydrogen (secondary N) is 3. The van der Waals surface area contributed by atoms with Crippen LogP contribution in [0.25, 0.3) is 0 Å². The van der Waals surface area contributed by atoms with Gasteiger partial charge in [0.25, 0.3) is 11.1 Å². The van der Waals surface area contributed by atoms with Crippen LogP contribution in [0, 0.1) is 13.8 Å². The Morgan fingerprint density at radius 1 is 0.779 bits per heavy atom. The lowest BCUT2D eigenvalue weighted by Crippen LogP contribution is -2.46. The number of hydrogen-bond donors (Lipinski definition) is 3. The summed E-state index contributed by atoms with van der Waals surface area (Å²) in [6, 6.07) is 0.122. The molecule has 5 aliphatic rings. The standard InChI is InChI=1S/C45H76N5O14PSSi2/c1-26(2)46-21-31-36(37-40(59-31)61-45(60-37)17-15-16-18-45)63-65(66,55-24-32-30(64-68(13,14)44(8,9)10)20-35(57-32)50-23-28(4)39(52)48-42(50)54)62-29-19-34(49-22-27(3)38(51)47-41(49)53)58-33(29)25-56-67(11,12)43(5,6)7/h22-23,26,29-37,40,46H,15-21,24-25H2,1-14H3,(H,47,51,53)(H,48,52,54)/t29-,30-,31+,32+,33+,34+,35+,36-,37+,40+,65-/m0/s1. The summed E-state index contributed by atoms with van der Waals surface area (Å²) in [4.78, 5) is 56.3. The molecule has 19 nitrogen and oxygen atoms in total. The zero-order valence-corrected chi connectivity index (χ0v) is 46.0. The molecule has 1 saturated carbocycles. The van der Waals surface area contributed by atoms with Gasteiger partial charge in [-0.2, -0.15) is 0 Å². The fraction of sp³-hybridized carbons (Fsp3) is 0.822. The predicted octanol–water partition coefficient (Wildman–Crippen LogP) is 6.11. The van der Waals surface area contributed by atoms with Gasteiger partial charge in [-0.05, 0) is 74.8 Å². The van der Waals surface area contributed by atoms with E-state index in [1.165, 1.54) is 21.5 Å². The summed E-state index contributed by atoms with van der Waals surface area (Å²) in [6.45, 7) is 25.1. The van der Waals surface area contributed by atoms with Crippen molar-refractivity contribution >= 4 is 35.2 Å². The van der Waals surface area contributed by atoms with Crippen molar-refractivity contribution in [1.82, 2.24) is 24.4 Å². The Labute approximate surface area is 406 Å². The van der Waals surface area contributed by atoms with E-state index in [2.05, 4.69) is 83.0 Å². The summed E-state index contributed by atoms with van der Waals surface area (Å²) in [5.41, 5.74) is -1.52. The minimum Gasteiger partial charge on any atom is -0.414 e. The molecule has 23 heteroatoms. The lowest BCUT2D eigenvalue weighted by molar-refractivity contribution is -0.228. The van der Waals surface area contributed by atoms with Crippen LogP contribution in [0.5, 0.6) is 0 Å². The van der Waals surface area contributed by atoms with Crippen LogP contribution < -0.4 is 27.8 Å². The third kappa shape index (κ3) is 11.8. The van der Waals surface area contributed by atoms with E-state index in [0.717, 1.165) is 25.7 Å². The quantitative estimate of drug-likeness (QED) is 0.120. The van der Waals surface area contributed by atoms with Crippen molar-refractivity contribution < 1.29 is 46.1 Å². The normalized spacial score (nSPS) is 30.8. The Balaban J connectivity index is 1.26. The van der Waals surface area contributed by atoms with Gasteiger partial charge in [-0.15, -0.1) is 0 Å². The van der Waals surface area contributed by atoms with Crippen LogP contribution in [0.15, 0.2) is 31.6 Å². The SMILES string of the molecule is Cc1cn([C@H]2C[C@H](O[Si](C)(C)C(C)(C)C)[C@@H](CO[P@@](=S)(O[C@@H]3[C@H]4OC5(CCCC5)O[C@H]4O[C@@H]3CNC(C)C)O[C@H]3C[C@H](n4cc(C)c(=O)[nH]c4=O)O[C@@H]3CO[Si](C)(C)C(C)(C)C)O2)c(=O)[nH]c1=O. The number of hydrogen-bond acceptors (Lipinski definition) is 16. The molecule has 4 aliphatic heterocycles. The van der Waals surface area contributed by atoms with E-state index in [1.54, 1.807) is 13.8 Å². The summed E-state index contributed by atoms with van der Waals surface area (Å²) in [7, 11) is -4.81. The van der Waals surface area contributed by atoms with Gasteiger partial charge in [0.1, 0.15) is 43.0 Å². The van der Waals surface area contributed by atoms with E-state index >= 15 is 0 Å². The van der Waals surface area contributed by atoms with E-state index in [9.17, 15) is 19.2 Å². The van der Waals surface area contributed by atoms with E-state index in [-0.39, 0.29) is 42.2 Å². The maximum absolute atomic E-state index is 13.3. The molecule has 68 heavy (non-hydrogen) atoms. The molecular weight excluding hydrogens is 954 g/mol. The average Bonchev–Trinajstić information content (AvgIpc) is 4.06. The van der Waals surface area contributed by atoms with Gasteiger partial charge in [-0.25, -0.2) is 9.59 Å². The maximum Gasteiger partial charge on any atom is 0.330 e. The number of aryl methyl sites for hydroxylation is 2. The van der Waals surface area contributed by atoms with Crippen molar-refractivity contribution in [2.45, 2.75) is 217 Å². The van der Waals surface area contributed by atoms with Crippen molar-refractivity contribution in [3.63, 3.8) is 0 Å². The van der Waals surface area contributed by atoms with Crippen molar-refractivity contribution in [3.8, 4) is 0 Å². The molecule has 384 valence electrons. The zero-order chi connectivity index (χ0) is 49.9. The smallest absolute Gasteiger partial charge is 0.330 e. The van der Waals surface area contributed by atoms with Crippen LogP contribution in [-0.2, 0) is 57.9 Å². The van der Waals surface area contributed by atoms with Crippen LogP contribution in [-0.4, -0.2) is 116 Å². The molecule has 0 unspecified atom stereocenters. The Morgan fingerprint density at radius 2 is 1.31 bits per heavy atom. The molecule has 2 aromatic heterocycles. The molecule has 1 aliphatic carbocycles. The topological polar surface area (TPSA) is 214 Å². The van der Waals surface area contributed by atoms with Gasteiger partial charge in [0.2, 0.25) is 0 Å².